The van der Waals surface area contributed by atoms with E-state index in [-0.39, 0.29) is 6.10 Å². The van der Waals surface area contributed by atoms with E-state index in [1.165, 1.54) is 0 Å². The van der Waals surface area contributed by atoms with Crippen LogP contribution in [0.2, 0.25) is 0 Å². The Morgan fingerprint density at radius 2 is 1.92 bits per heavy atom. The van der Waals surface area contributed by atoms with E-state index in [4.69, 9.17) is 9.15 Å². The molecule has 128 valence electrons. The molecule has 25 heavy (non-hydrogen) atoms. The van der Waals surface area contributed by atoms with Gasteiger partial charge in [0.25, 0.3) is 0 Å². The molecule has 0 spiro atoms. The van der Waals surface area contributed by atoms with E-state index in [9.17, 15) is 4.79 Å². The van der Waals surface area contributed by atoms with Gasteiger partial charge in [-0.1, -0.05) is 43.7 Å². The van der Waals surface area contributed by atoms with Crippen LogP contribution < -0.4 is 4.74 Å². The van der Waals surface area contributed by atoms with Gasteiger partial charge < -0.3 is 9.15 Å². The molecule has 3 nitrogen and oxygen atoms in total. The Hall–Kier alpha value is -2.81. The van der Waals surface area contributed by atoms with Crippen molar-refractivity contribution in [1.82, 2.24) is 0 Å². The lowest BCUT2D eigenvalue weighted by molar-refractivity contribution is 0.112. The largest absolute Gasteiger partial charge is 0.485 e. The van der Waals surface area contributed by atoms with Crippen LogP contribution in [0.3, 0.4) is 0 Å². The predicted molar refractivity (Wildman–Crippen MR) is 98.9 cm³/mol. The van der Waals surface area contributed by atoms with Crippen molar-refractivity contribution in [3.8, 4) is 17.1 Å². The van der Waals surface area contributed by atoms with Crippen molar-refractivity contribution in [2.24, 2.45) is 0 Å². The lowest BCUT2D eigenvalue weighted by atomic mass is 10.0. The molecule has 3 heteroatoms. The van der Waals surface area contributed by atoms with Gasteiger partial charge in [-0.3, -0.25) is 4.79 Å². The van der Waals surface area contributed by atoms with Gasteiger partial charge in [0, 0.05) is 5.56 Å². The molecular weight excluding hydrogens is 312 g/mol. The van der Waals surface area contributed by atoms with Crippen LogP contribution in [0, 0.1) is 0 Å². The van der Waals surface area contributed by atoms with Crippen LogP contribution in [0.4, 0.5) is 0 Å². The second kappa shape index (κ2) is 8.34. The van der Waals surface area contributed by atoms with Crippen molar-refractivity contribution >= 4 is 6.29 Å². The van der Waals surface area contributed by atoms with Crippen LogP contribution in [-0.4, -0.2) is 6.29 Å². The highest BCUT2D eigenvalue weighted by Crippen LogP contribution is 2.35. The Morgan fingerprint density at radius 1 is 1.08 bits per heavy atom. The van der Waals surface area contributed by atoms with Crippen molar-refractivity contribution < 1.29 is 13.9 Å². The number of furan rings is 1. The molecule has 0 aliphatic heterocycles. The highest BCUT2D eigenvalue weighted by Gasteiger charge is 2.17. The fraction of sp³-hybridized carbons (Fsp3) is 0.227. The average molecular weight is 334 g/mol. The standard InChI is InChI=1S/C22H22O3/c1-2-3-10-20(18-8-5-4-6-9-18)25-22-13-12-17(16-23)15-19(22)21-11-7-14-24-21/h4-9,11-16,20H,2-3,10H2,1H3. The summed E-state index contributed by atoms with van der Waals surface area (Å²) in [7, 11) is 0. The smallest absolute Gasteiger partial charge is 0.150 e. The second-order valence-electron chi connectivity index (χ2n) is 6.01. The maximum Gasteiger partial charge on any atom is 0.150 e. The third kappa shape index (κ3) is 4.18. The van der Waals surface area contributed by atoms with Gasteiger partial charge in [0.2, 0.25) is 0 Å². The van der Waals surface area contributed by atoms with Crippen molar-refractivity contribution in [3.05, 3.63) is 78.1 Å². The number of rotatable bonds is 8. The van der Waals surface area contributed by atoms with Gasteiger partial charge in [0.1, 0.15) is 23.9 Å². The van der Waals surface area contributed by atoms with Crippen LogP contribution in [0.25, 0.3) is 11.3 Å². The summed E-state index contributed by atoms with van der Waals surface area (Å²) in [5.41, 5.74) is 2.55. The minimum atomic E-state index is -0.0306. The first-order valence-corrected chi connectivity index (χ1v) is 8.66. The maximum atomic E-state index is 11.2. The third-order valence-corrected chi connectivity index (χ3v) is 4.19. The first-order valence-electron chi connectivity index (χ1n) is 8.66. The zero-order valence-electron chi connectivity index (χ0n) is 14.4. The summed E-state index contributed by atoms with van der Waals surface area (Å²) in [4.78, 5) is 11.2. The summed E-state index contributed by atoms with van der Waals surface area (Å²) >= 11 is 0. The summed E-state index contributed by atoms with van der Waals surface area (Å²) in [6.07, 6.45) is 5.56. The molecule has 1 unspecified atom stereocenters. The number of unbranched alkanes of at least 4 members (excludes halogenated alkanes) is 1. The molecule has 0 radical (unpaired) electrons. The lowest BCUT2D eigenvalue weighted by Gasteiger charge is -2.21. The zero-order chi connectivity index (χ0) is 17.5. The van der Waals surface area contributed by atoms with E-state index in [0.717, 1.165) is 42.4 Å². The molecule has 3 rings (SSSR count). The highest BCUT2D eigenvalue weighted by molar-refractivity contribution is 5.80. The summed E-state index contributed by atoms with van der Waals surface area (Å²) < 4.78 is 11.9. The molecule has 0 aliphatic carbocycles. The van der Waals surface area contributed by atoms with E-state index in [1.807, 2.05) is 42.5 Å². The number of benzene rings is 2. The molecule has 0 saturated carbocycles. The van der Waals surface area contributed by atoms with E-state index >= 15 is 0 Å². The molecule has 0 saturated heterocycles. The van der Waals surface area contributed by atoms with Crippen LogP contribution in [-0.2, 0) is 0 Å². The monoisotopic (exact) mass is 334 g/mol. The Bertz CT molecular complexity index is 791. The Kier molecular flexibility index (Phi) is 5.68. The number of carbonyl (C=O) groups is 1. The van der Waals surface area contributed by atoms with Gasteiger partial charge in [-0.25, -0.2) is 0 Å². The van der Waals surface area contributed by atoms with E-state index in [2.05, 4.69) is 19.1 Å². The summed E-state index contributed by atoms with van der Waals surface area (Å²) in [5, 5.41) is 0. The Balaban J connectivity index is 1.95. The molecule has 0 aliphatic rings. The van der Waals surface area contributed by atoms with Crippen molar-refractivity contribution in [2.75, 3.05) is 0 Å². The first kappa shape index (κ1) is 17.0. The fourth-order valence-corrected chi connectivity index (χ4v) is 2.85. The van der Waals surface area contributed by atoms with E-state index in [1.54, 1.807) is 12.3 Å². The van der Waals surface area contributed by atoms with Crippen LogP contribution in [0.5, 0.6) is 5.75 Å². The molecule has 1 aromatic heterocycles. The van der Waals surface area contributed by atoms with Crippen molar-refractivity contribution in [3.63, 3.8) is 0 Å². The van der Waals surface area contributed by atoms with E-state index < -0.39 is 0 Å². The summed E-state index contributed by atoms with van der Waals surface area (Å²) in [6.45, 7) is 2.18. The number of carbonyl (C=O) groups excluding carboxylic acids is 1. The first-order chi connectivity index (χ1) is 12.3. The predicted octanol–water partition coefficient (Wildman–Crippen LogP) is 6.07. The Labute approximate surface area is 148 Å². The van der Waals surface area contributed by atoms with Crippen molar-refractivity contribution in [1.29, 1.82) is 0 Å². The fourth-order valence-electron chi connectivity index (χ4n) is 2.85. The van der Waals surface area contributed by atoms with Gasteiger partial charge in [-0.15, -0.1) is 0 Å². The van der Waals surface area contributed by atoms with Gasteiger partial charge in [0.15, 0.2) is 0 Å². The molecule has 1 atom stereocenters. The topological polar surface area (TPSA) is 39.4 Å². The number of aldehydes is 1. The molecule has 0 N–H and O–H groups in total. The summed E-state index contributed by atoms with van der Waals surface area (Å²) in [6, 6.07) is 19.4. The van der Waals surface area contributed by atoms with Crippen LogP contribution >= 0.6 is 0 Å². The normalized spacial score (nSPS) is 11.9. The molecule has 2 aromatic carbocycles. The zero-order valence-corrected chi connectivity index (χ0v) is 14.4. The van der Waals surface area contributed by atoms with Crippen molar-refractivity contribution in [2.45, 2.75) is 32.3 Å². The second-order valence-corrected chi connectivity index (χ2v) is 6.01. The Morgan fingerprint density at radius 3 is 2.60 bits per heavy atom. The molecule has 0 amide bonds. The van der Waals surface area contributed by atoms with Crippen LogP contribution in [0.1, 0.15) is 48.2 Å². The quantitative estimate of drug-likeness (QED) is 0.469. The summed E-state index contributed by atoms with van der Waals surface area (Å²) in [5.74, 6) is 1.42. The molecular formula is C22H22O3. The van der Waals surface area contributed by atoms with Gasteiger partial charge in [0.05, 0.1) is 11.8 Å². The van der Waals surface area contributed by atoms with Gasteiger partial charge >= 0.3 is 0 Å². The van der Waals surface area contributed by atoms with Gasteiger partial charge in [-0.05, 0) is 48.7 Å². The minimum Gasteiger partial charge on any atom is -0.485 e. The maximum absolute atomic E-state index is 11.2. The molecule has 1 heterocycles. The molecule has 0 bridgehead atoms. The van der Waals surface area contributed by atoms with E-state index in [0.29, 0.717) is 11.3 Å². The molecule has 3 aromatic rings. The number of ether oxygens (including phenoxy) is 1. The minimum absolute atomic E-state index is 0.0306. The number of hydrogen-bond donors (Lipinski definition) is 0. The average Bonchev–Trinajstić information content (AvgIpc) is 3.20. The third-order valence-electron chi connectivity index (χ3n) is 4.19. The van der Waals surface area contributed by atoms with Crippen LogP contribution in [0.15, 0.2) is 71.3 Å². The van der Waals surface area contributed by atoms with Gasteiger partial charge in [-0.2, -0.15) is 0 Å². The lowest BCUT2D eigenvalue weighted by Crippen LogP contribution is -2.08. The highest BCUT2D eigenvalue weighted by atomic mass is 16.5. The SMILES string of the molecule is CCCCC(Oc1ccc(C=O)cc1-c1ccco1)c1ccccc1. The number of hydrogen-bond acceptors (Lipinski definition) is 3. The molecule has 0 fully saturated rings.